The SMILES string of the molecule is COc1ccccc1C(=NCC(C)C)N1CCN(C)CC1. The van der Waals surface area contributed by atoms with Crippen molar-refractivity contribution in [2.75, 3.05) is 46.9 Å². The number of hydrogen-bond donors (Lipinski definition) is 0. The fraction of sp³-hybridized carbons (Fsp3) is 0.588. The van der Waals surface area contributed by atoms with Crippen LogP contribution in [0.1, 0.15) is 19.4 Å². The first-order valence-corrected chi connectivity index (χ1v) is 7.73. The molecule has 21 heavy (non-hydrogen) atoms. The second-order valence-electron chi connectivity index (χ2n) is 6.05. The van der Waals surface area contributed by atoms with Crippen LogP contribution in [0, 0.1) is 5.92 Å². The lowest BCUT2D eigenvalue weighted by Crippen LogP contribution is -2.47. The maximum absolute atomic E-state index is 5.53. The average molecular weight is 289 g/mol. The van der Waals surface area contributed by atoms with Crippen molar-refractivity contribution in [3.05, 3.63) is 29.8 Å². The second-order valence-corrected chi connectivity index (χ2v) is 6.05. The van der Waals surface area contributed by atoms with E-state index in [9.17, 15) is 0 Å². The van der Waals surface area contributed by atoms with E-state index in [-0.39, 0.29) is 0 Å². The van der Waals surface area contributed by atoms with E-state index in [1.54, 1.807) is 7.11 Å². The lowest BCUT2D eigenvalue weighted by atomic mass is 10.1. The summed E-state index contributed by atoms with van der Waals surface area (Å²) in [6, 6.07) is 8.18. The zero-order valence-corrected chi connectivity index (χ0v) is 13.7. The van der Waals surface area contributed by atoms with Gasteiger partial charge in [0.1, 0.15) is 11.6 Å². The molecule has 0 saturated carbocycles. The summed E-state index contributed by atoms with van der Waals surface area (Å²) in [5, 5.41) is 0. The summed E-state index contributed by atoms with van der Waals surface area (Å²) in [7, 11) is 3.90. The Morgan fingerprint density at radius 1 is 1.19 bits per heavy atom. The van der Waals surface area contributed by atoms with Gasteiger partial charge in [-0.3, -0.25) is 4.99 Å². The Balaban J connectivity index is 2.29. The smallest absolute Gasteiger partial charge is 0.134 e. The summed E-state index contributed by atoms with van der Waals surface area (Å²) in [4.78, 5) is 9.64. The lowest BCUT2D eigenvalue weighted by molar-refractivity contribution is 0.215. The molecule has 0 amide bonds. The summed E-state index contributed by atoms with van der Waals surface area (Å²) < 4.78 is 5.53. The Morgan fingerprint density at radius 2 is 1.86 bits per heavy atom. The fourth-order valence-corrected chi connectivity index (χ4v) is 2.47. The molecule has 0 N–H and O–H groups in total. The predicted octanol–water partition coefficient (Wildman–Crippen LogP) is 2.35. The topological polar surface area (TPSA) is 28.1 Å². The van der Waals surface area contributed by atoms with E-state index in [4.69, 9.17) is 9.73 Å². The highest BCUT2D eigenvalue weighted by molar-refractivity contribution is 6.01. The zero-order valence-electron chi connectivity index (χ0n) is 13.7. The summed E-state index contributed by atoms with van der Waals surface area (Å²) in [5.41, 5.74) is 1.10. The number of methoxy groups -OCH3 is 1. The van der Waals surface area contributed by atoms with E-state index in [1.807, 2.05) is 12.1 Å². The molecular weight excluding hydrogens is 262 g/mol. The van der Waals surface area contributed by atoms with Crippen molar-refractivity contribution in [1.29, 1.82) is 0 Å². The highest BCUT2D eigenvalue weighted by atomic mass is 16.5. The van der Waals surface area contributed by atoms with Gasteiger partial charge in [-0.25, -0.2) is 0 Å². The van der Waals surface area contributed by atoms with Gasteiger partial charge in [-0.05, 0) is 25.1 Å². The molecule has 0 bridgehead atoms. The third-order valence-electron chi connectivity index (χ3n) is 3.76. The molecule has 1 aromatic carbocycles. The number of nitrogens with zero attached hydrogens (tertiary/aromatic N) is 3. The first-order valence-electron chi connectivity index (χ1n) is 7.73. The van der Waals surface area contributed by atoms with E-state index in [0.717, 1.165) is 49.9 Å². The summed E-state index contributed by atoms with van der Waals surface area (Å²) in [5.74, 6) is 2.54. The summed E-state index contributed by atoms with van der Waals surface area (Å²) in [6.07, 6.45) is 0. The van der Waals surface area contributed by atoms with E-state index in [1.165, 1.54) is 0 Å². The Kier molecular flexibility index (Phi) is 5.62. The molecule has 1 aromatic rings. The third kappa shape index (κ3) is 4.21. The van der Waals surface area contributed by atoms with Crippen molar-refractivity contribution in [1.82, 2.24) is 9.80 Å². The quantitative estimate of drug-likeness (QED) is 0.629. The van der Waals surface area contributed by atoms with Gasteiger partial charge in [0.15, 0.2) is 0 Å². The van der Waals surface area contributed by atoms with Crippen LogP contribution in [0.25, 0.3) is 0 Å². The van der Waals surface area contributed by atoms with Crippen LogP contribution >= 0.6 is 0 Å². The molecule has 1 aliphatic rings. The molecule has 0 radical (unpaired) electrons. The van der Waals surface area contributed by atoms with E-state index >= 15 is 0 Å². The van der Waals surface area contributed by atoms with E-state index < -0.39 is 0 Å². The Morgan fingerprint density at radius 3 is 2.48 bits per heavy atom. The number of aliphatic imine (C=N–C) groups is 1. The number of rotatable bonds is 4. The molecule has 1 aliphatic heterocycles. The number of piperazine rings is 1. The van der Waals surface area contributed by atoms with Crippen LogP contribution in [0.15, 0.2) is 29.3 Å². The van der Waals surface area contributed by atoms with Gasteiger partial charge in [0.2, 0.25) is 0 Å². The van der Waals surface area contributed by atoms with Gasteiger partial charge in [-0.1, -0.05) is 26.0 Å². The first-order chi connectivity index (χ1) is 10.1. The number of likely N-dealkylation sites (N-methyl/N-ethyl adjacent to an activating group) is 1. The fourth-order valence-electron chi connectivity index (χ4n) is 2.47. The van der Waals surface area contributed by atoms with Crippen LogP contribution < -0.4 is 4.74 Å². The largest absolute Gasteiger partial charge is 0.496 e. The standard InChI is InChI=1S/C17H27N3O/c1-14(2)13-18-17(20-11-9-19(3)10-12-20)15-7-5-6-8-16(15)21-4/h5-8,14H,9-13H2,1-4H3. The molecule has 0 aromatic heterocycles. The predicted molar refractivity (Wildman–Crippen MR) is 88.3 cm³/mol. The monoisotopic (exact) mass is 289 g/mol. The lowest BCUT2D eigenvalue weighted by Gasteiger charge is -2.35. The molecule has 1 fully saturated rings. The average Bonchev–Trinajstić information content (AvgIpc) is 2.49. The van der Waals surface area contributed by atoms with Gasteiger partial charge < -0.3 is 14.5 Å². The molecule has 0 spiro atoms. The maximum atomic E-state index is 5.53. The van der Waals surface area contributed by atoms with Gasteiger partial charge in [-0.15, -0.1) is 0 Å². The number of amidine groups is 1. The van der Waals surface area contributed by atoms with Gasteiger partial charge >= 0.3 is 0 Å². The molecular formula is C17H27N3O. The number of hydrogen-bond acceptors (Lipinski definition) is 3. The van der Waals surface area contributed by atoms with E-state index in [0.29, 0.717) is 5.92 Å². The minimum atomic E-state index is 0.558. The van der Waals surface area contributed by atoms with Crippen molar-refractivity contribution < 1.29 is 4.74 Å². The van der Waals surface area contributed by atoms with Crippen molar-refractivity contribution in [3.63, 3.8) is 0 Å². The normalized spacial score (nSPS) is 17.4. The Bertz CT molecular complexity index is 477. The highest BCUT2D eigenvalue weighted by Crippen LogP contribution is 2.21. The summed E-state index contributed by atoms with van der Waals surface area (Å²) in [6.45, 7) is 9.45. The van der Waals surface area contributed by atoms with Crippen molar-refractivity contribution in [2.24, 2.45) is 10.9 Å². The number of para-hydroxylation sites is 1. The Labute approximate surface area is 128 Å². The molecule has 1 heterocycles. The molecule has 2 rings (SSSR count). The van der Waals surface area contributed by atoms with Crippen LogP contribution in [0.5, 0.6) is 5.75 Å². The van der Waals surface area contributed by atoms with E-state index in [2.05, 4.69) is 42.8 Å². The summed E-state index contributed by atoms with van der Waals surface area (Å²) >= 11 is 0. The molecule has 0 unspecified atom stereocenters. The first kappa shape index (κ1) is 15.8. The highest BCUT2D eigenvalue weighted by Gasteiger charge is 2.21. The molecule has 4 nitrogen and oxygen atoms in total. The molecule has 1 saturated heterocycles. The van der Waals surface area contributed by atoms with Crippen LogP contribution in [0.4, 0.5) is 0 Å². The minimum Gasteiger partial charge on any atom is -0.496 e. The maximum Gasteiger partial charge on any atom is 0.134 e. The van der Waals surface area contributed by atoms with Gasteiger partial charge in [0, 0.05) is 32.7 Å². The van der Waals surface area contributed by atoms with Crippen molar-refractivity contribution in [3.8, 4) is 5.75 Å². The molecule has 0 aliphatic carbocycles. The zero-order chi connectivity index (χ0) is 15.2. The number of benzene rings is 1. The van der Waals surface area contributed by atoms with Crippen molar-refractivity contribution in [2.45, 2.75) is 13.8 Å². The van der Waals surface area contributed by atoms with Crippen LogP contribution in [-0.4, -0.2) is 62.5 Å². The number of ether oxygens (including phenoxy) is 1. The molecule has 4 heteroatoms. The van der Waals surface area contributed by atoms with Gasteiger partial charge in [-0.2, -0.15) is 0 Å². The van der Waals surface area contributed by atoms with Crippen molar-refractivity contribution >= 4 is 5.84 Å². The van der Waals surface area contributed by atoms with Crippen LogP contribution in [0.2, 0.25) is 0 Å². The van der Waals surface area contributed by atoms with Gasteiger partial charge in [0.25, 0.3) is 0 Å². The minimum absolute atomic E-state index is 0.558. The van der Waals surface area contributed by atoms with Crippen LogP contribution in [0.3, 0.4) is 0 Å². The third-order valence-corrected chi connectivity index (χ3v) is 3.76. The Hall–Kier alpha value is -1.55. The van der Waals surface area contributed by atoms with Crippen LogP contribution in [-0.2, 0) is 0 Å². The second kappa shape index (κ2) is 7.46. The molecule has 116 valence electrons. The molecule has 0 atom stereocenters. The van der Waals surface area contributed by atoms with Gasteiger partial charge in [0.05, 0.1) is 12.7 Å².